The largest absolute Gasteiger partial charge is 0.342 e. The van der Waals surface area contributed by atoms with Crippen LogP contribution in [0.15, 0.2) is 39.9 Å². The molecule has 0 saturated carbocycles. The molecule has 0 saturated heterocycles. The third-order valence-electron chi connectivity index (χ3n) is 4.55. The molecular weight excluding hydrogens is 326 g/mol. The van der Waals surface area contributed by atoms with Gasteiger partial charge in [0.25, 0.3) is 0 Å². The van der Waals surface area contributed by atoms with Crippen molar-refractivity contribution in [1.82, 2.24) is 4.72 Å². The normalized spacial score (nSPS) is 22.5. The summed E-state index contributed by atoms with van der Waals surface area (Å²) in [5.74, 6) is -0.0420. The summed E-state index contributed by atoms with van der Waals surface area (Å²) in [6.45, 7) is 5.32. The topological polar surface area (TPSA) is 78.8 Å². The lowest BCUT2D eigenvalue weighted by Gasteiger charge is -2.35. The zero-order valence-electron chi connectivity index (χ0n) is 14.0. The lowest BCUT2D eigenvalue weighted by Crippen LogP contribution is -2.43. The van der Waals surface area contributed by atoms with Gasteiger partial charge in [0.15, 0.2) is 0 Å². The predicted molar refractivity (Wildman–Crippen MR) is 94.2 cm³/mol. The second-order valence-corrected chi connectivity index (χ2v) is 7.65. The number of aryl methyl sites for hydroxylation is 1. The van der Waals surface area contributed by atoms with Crippen LogP contribution in [0.1, 0.15) is 39.2 Å². The molecule has 0 aromatic heterocycles. The molecule has 0 unspecified atom stereocenters. The average Bonchev–Trinajstić information content (AvgIpc) is 2.49. The molecule has 2 heterocycles. The minimum Gasteiger partial charge on any atom is -0.309 e. The fourth-order valence-electron chi connectivity index (χ4n) is 3.35. The Morgan fingerprint density at radius 2 is 2.04 bits per heavy atom. The van der Waals surface area contributed by atoms with Gasteiger partial charge in [0.05, 0.1) is 12.1 Å². The summed E-state index contributed by atoms with van der Waals surface area (Å²) >= 11 is 0. The molecule has 1 N–H and O–H groups in total. The minimum absolute atomic E-state index is 0.0420. The first kappa shape index (κ1) is 16.7. The molecule has 3 rings (SSSR count). The molecule has 0 bridgehead atoms. The molecule has 2 aliphatic rings. The van der Waals surface area contributed by atoms with Crippen molar-refractivity contribution in [3.63, 3.8) is 0 Å². The molecule has 0 fully saturated rings. The number of allylic oxidation sites excluding steroid dienone is 1. The molecule has 6 nitrogen and oxygen atoms in total. The number of nitrogens with zero attached hydrogens (tertiary/aromatic N) is 2. The highest BCUT2D eigenvalue weighted by atomic mass is 32.2. The van der Waals surface area contributed by atoms with Crippen molar-refractivity contribution in [3.8, 4) is 0 Å². The van der Waals surface area contributed by atoms with Gasteiger partial charge in [-0.15, -0.1) is 4.40 Å². The number of benzene rings is 1. The van der Waals surface area contributed by atoms with E-state index in [1.165, 1.54) is 5.56 Å². The van der Waals surface area contributed by atoms with Crippen LogP contribution in [0.5, 0.6) is 0 Å². The predicted octanol–water partition coefficient (Wildman–Crippen LogP) is 2.33. The molecule has 0 radical (unpaired) electrons. The molecular formula is C17H21N3O3S. The number of nitrogens with one attached hydrogen (secondary N) is 1. The molecule has 7 heteroatoms. The molecule has 0 aliphatic carbocycles. The number of rotatable bonds is 2. The maximum Gasteiger partial charge on any atom is 0.342 e. The third-order valence-corrected chi connectivity index (χ3v) is 5.63. The molecule has 128 valence electrons. The molecule has 1 aromatic carbocycles. The second kappa shape index (κ2) is 6.05. The number of para-hydroxylation sites is 1. The highest BCUT2D eigenvalue weighted by molar-refractivity contribution is 7.88. The van der Waals surface area contributed by atoms with E-state index < -0.39 is 10.2 Å². The van der Waals surface area contributed by atoms with Crippen molar-refractivity contribution in [3.05, 3.63) is 41.1 Å². The lowest BCUT2D eigenvalue weighted by atomic mass is 9.95. The van der Waals surface area contributed by atoms with E-state index in [-0.39, 0.29) is 18.4 Å². The van der Waals surface area contributed by atoms with Gasteiger partial charge in [0.2, 0.25) is 5.91 Å². The summed E-state index contributed by atoms with van der Waals surface area (Å²) in [5, 5.41) is 0. The van der Waals surface area contributed by atoms with Crippen molar-refractivity contribution in [2.75, 3.05) is 4.90 Å². The Kier molecular flexibility index (Phi) is 4.21. The van der Waals surface area contributed by atoms with E-state index in [9.17, 15) is 13.2 Å². The van der Waals surface area contributed by atoms with Crippen LogP contribution < -0.4 is 9.62 Å². The summed E-state index contributed by atoms with van der Waals surface area (Å²) in [6, 6.07) is 8.05. The fraction of sp³-hybridized carbons (Fsp3) is 0.412. The maximum absolute atomic E-state index is 13.0. The van der Waals surface area contributed by atoms with Crippen LogP contribution >= 0.6 is 0 Å². The van der Waals surface area contributed by atoms with E-state index in [0.29, 0.717) is 17.0 Å². The molecule has 0 spiro atoms. The monoisotopic (exact) mass is 347 g/mol. The number of anilines is 1. The zero-order chi connectivity index (χ0) is 17.5. The third kappa shape index (κ3) is 3.08. The number of carbonyl (C=O) groups excluding carboxylic acids is 1. The quantitative estimate of drug-likeness (QED) is 0.892. The van der Waals surface area contributed by atoms with Gasteiger partial charge >= 0.3 is 10.2 Å². The van der Waals surface area contributed by atoms with E-state index in [0.717, 1.165) is 18.5 Å². The van der Waals surface area contributed by atoms with Crippen LogP contribution in [0.4, 0.5) is 5.69 Å². The van der Waals surface area contributed by atoms with Crippen LogP contribution in [0.3, 0.4) is 0 Å². The van der Waals surface area contributed by atoms with Crippen LogP contribution in [-0.4, -0.2) is 26.1 Å². The van der Waals surface area contributed by atoms with Crippen molar-refractivity contribution in [2.24, 2.45) is 4.40 Å². The standard InChI is InChI=1S/C17H21N3O3S/c1-11-8-9-14-6-4-5-7-16(14)20(11)17(21)10-15-12(2)18-24(22,23)19-13(15)3/h4-7,11,18H,8-10H2,1-3H3/t11-/m0/s1. The smallest absolute Gasteiger partial charge is 0.309 e. The van der Waals surface area contributed by atoms with Crippen LogP contribution in [0.25, 0.3) is 0 Å². The van der Waals surface area contributed by atoms with Crippen molar-refractivity contribution in [2.45, 2.75) is 46.1 Å². The Balaban J connectivity index is 1.90. The molecule has 24 heavy (non-hydrogen) atoms. The summed E-state index contributed by atoms with van der Waals surface area (Å²) < 4.78 is 29.2. The Labute approximate surface area is 142 Å². The second-order valence-electron chi connectivity index (χ2n) is 6.31. The number of fused-ring (bicyclic) bond motifs is 1. The summed E-state index contributed by atoms with van der Waals surface area (Å²) in [4.78, 5) is 14.8. The zero-order valence-corrected chi connectivity index (χ0v) is 14.9. The van der Waals surface area contributed by atoms with Gasteiger partial charge in [-0.05, 0) is 45.2 Å². The molecule has 2 aliphatic heterocycles. The van der Waals surface area contributed by atoms with E-state index in [1.807, 2.05) is 36.1 Å². The lowest BCUT2D eigenvalue weighted by molar-refractivity contribution is -0.118. The van der Waals surface area contributed by atoms with Crippen molar-refractivity contribution < 1.29 is 13.2 Å². The van der Waals surface area contributed by atoms with E-state index in [4.69, 9.17) is 0 Å². The SMILES string of the molecule is CC1=NS(=O)(=O)NC(C)=C1CC(=O)N1c2ccccc2CC[C@@H]1C. The van der Waals surface area contributed by atoms with Crippen LogP contribution in [-0.2, 0) is 21.4 Å². The first-order chi connectivity index (χ1) is 11.3. The van der Waals surface area contributed by atoms with Gasteiger partial charge in [0, 0.05) is 23.0 Å². The Morgan fingerprint density at radius 3 is 2.75 bits per heavy atom. The summed E-state index contributed by atoms with van der Waals surface area (Å²) in [7, 11) is -3.68. The number of amides is 1. The van der Waals surface area contributed by atoms with E-state index >= 15 is 0 Å². The van der Waals surface area contributed by atoms with Gasteiger partial charge in [-0.1, -0.05) is 18.2 Å². The highest BCUT2D eigenvalue weighted by Crippen LogP contribution is 2.32. The fourth-order valence-corrected chi connectivity index (χ4v) is 4.38. The Hall–Kier alpha value is -2.15. The van der Waals surface area contributed by atoms with Gasteiger partial charge < -0.3 is 4.90 Å². The first-order valence-corrected chi connectivity index (χ1v) is 9.42. The number of hydrogen-bond donors (Lipinski definition) is 1. The number of carbonyl (C=O) groups is 1. The number of hydrogen-bond acceptors (Lipinski definition) is 3. The van der Waals surface area contributed by atoms with Gasteiger partial charge in [0.1, 0.15) is 0 Å². The molecule has 1 atom stereocenters. The highest BCUT2D eigenvalue weighted by Gasteiger charge is 2.30. The van der Waals surface area contributed by atoms with Gasteiger partial charge in [-0.2, -0.15) is 8.42 Å². The van der Waals surface area contributed by atoms with Crippen molar-refractivity contribution in [1.29, 1.82) is 0 Å². The van der Waals surface area contributed by atoms with Crippen molar-refractivity contribution >= 4 is 27.5 Å². The van der Waals surface area contributed by atoms with Crippen LogP contribution in [0, 0.1) is 0 Å². The summed E-state index contributed by atoms with van der Waals surface area (Å²) in [5.41, 5.74) is 3.60. The minimum atomic E-state index is -3.68. The average molecular weight is 347 g/mol. The van der Waals surface area contributed by atoms with Gasteiger partial charge in [-0.3, -0.25) is 9.52 Å². The Bertz CT molecular complexity index is 856. The Morgan fingerprint density at radius 1 is 1.33 bits per heavy atom. The summed E-state index contributed by atoms with van der Waals surface area (Å²) in [6.07, 6.45) is 2.01. The van der Waals surface area contributed by atoms with Crippen LogP contribution in [0.2, 0.25) is 0 Å². The van der Waals surface area contributed by atoms with E-state index in [2.05, 4.69) is 9.12 Å². The first-order valence-electron chi connectivity index (χ1n) is 7.98. The molecule has 1 aromatic rings. The van der Waals surface area contributed by atoms with E-state index in [1.54, 1.807) is 13.8 Å². The maximum atomic E-state index is 13.0. The molecule has 1 amide bonds. The van der Waals surface area contributed by atoms with Gasteiger partial charge in [-0.25, -0.2) is 0 Å².